The van der Waals surface area contributed by atoms with Crippen molar-refractivity contribution in [2.24, 2.45) is 5.92 Å². The normalized spacial score (nSPS) is 12.8. The molecule has 0 spiro atoms. The molecule has 1 N–H and O–H groups in total. The molecule has 3 nitrogen and oxygen atoms in total. The van der Waals surface area contributed by atoms with Crippen molar-refractivity contribution in [1.29, 1.82) is 0 Å². The summed E-state index contributed by atoms with van der Waals surface area (Å²) in [6.07, 6.45) is 0.866. The Hall–Kier alpha value is -0.870. The summed E-state index contributed by atoms with van der Waals surface area (Å²) >= 11 is 1.58. The highest BCUT2D eigenvalue weighted by molar-refractivity contribution is 7.14. The molecule has 0 unspecified atom stereocenters. The van der Waals surface area contributed by atoms with Crippen molar-refractivity contribution < 1.29 is 4.79 Å². The van der Waals surface area contributed by atoms with Crippen LogP contribution in [0.3, 0.4) is 0 Å². The van der Waals surface area contributed by atoms with Gasteiger partial charge in [0.1, 0.15) is 0 Å². The fourth-order valence-corrected chi connectivity index (χ4v) is 2.32. The van der Waals surface area contributed by atoms with E-state index in [9.17, 15) is 4.79 Å². The van der Waals surface area contributed by atoms with Crippen LogP contribution in [0, 0.1) is 5.92 Å². The number of thiophene rings is 1. The van der Waals surface area contributed by atoms with Gasteiger partial charge in [-0.25, -0.2) is 0 Å². The molecule has 1 aromatic rings. The lowest BCUT2D eigenvalue weighted by Crippen LogP contribution is -2.44. The second kappa shape index (κ2) is 6.01. The molecule has 1 rings (SSSR count). The quantitative estimate of drug-likeness (QED) is 0.857. The van der Waals surface area contributed by atoms with Gasteiger partial charge >= 0.3 is 0 Å². The first-order chi connectivity index (χ1) is 7.56. The molecule has 16 heavy (non-hydrogen) atoms. The topological polar surface area (TPSA) is 32.3 Å². The van der Waals surface area contributed by atoms with Gasteiger partial charge in [0.05, 0.1) is 11.0 Å². The molecule has 0 aliphatic carbocycles. The van der Waals surface area contributed by atoms with E-state index in [4.69, 9.17) is 0 Å². The highest BCUT2D eigenvalue weighted by Gasteiger charge is 2.22. The van der Waals surface area contributed by atoms with Crippen LogP contribution in [-0.4, -0.2) is 26.0 Å². The molecule has 0 aliphatic heterocycles. The predicted octanol–water partition coefficient (Wildman–Crippen LogP) is 2.35. The Labute approximate surface area is 101 Å². The van der Waals surface area contributed by atoms with Crippen LogP contribution in [0.5, 0.6) is 0 Å². The third-order valence-corrected chi connectivity index (χ3v) is 3.47. The van der Waals surface area contributed by atoms with E-state index in [0.717, 1.165) is 11.4 Å². The van der Waals surface area contributed by atoms with Gasteiger partial charge in [0.25, 0.3) is 0 Å². The Morgan fingerprint density at radius 1 is 1.56 bits per heavy atom. The average Bonchev–Trinajstić information content (AvgIpc) is 2.76. The average molecular weight is 240 g/mol. The number of carbonyl (C=O) groups excluding carboxylic acids is 1. The van der Waals surface area contributed by atoms with Crippen LogP contribution in [0.4, 0.5) is 5.00 Å². The number of nitrogens with zero attached hydrogens (tertiary/aromatic N) is 1. The molecule has 1 heterocycles. The second-order valence-corrected chi connectivity index (χ2v) is 5.25. The molecule has 0 saturated carbocycles. The summed E-state index contributed by atoms with van der Waals surface area (Å²) in [6.45, 7) is 4.26. The standard InChI is InChI=1S/C12H20N2OS/c1-9(2)8-10(13-3)12(15)14(4)11-6-5-7-16-11/h5-7,9-10,13H,8H2,1-4H3/t10-/m0/s1. The molecular formula is C12H20N2OS. The van der Waals surface area contributed by atoms with Crippen LogP contribution in [0.15, 0.2) is 17.5 Å². The van der Waals surface area contributed by atoms with Crippen molar-refractivity contribution in [2.45, 2.75) is 26.3 Å². The summed E-state index contributed by atoms with van der Waals surface area (Å²) < 4.78 is 0. The van der Waals surface area contributed by atoms with Crippen LogP contribution in [-0.2, 0) is 4.79 Å². The zero-order valence-corrected chi connectivity index (χ0v) is 11.2. The summed E-state index contributed by atoms with van der Waals surface area (Å²) in [5.41, 5.74) is 0. The number of carbonyl (C=O) groups is 1. The minimum atomic E-state index is -0.0906. The molecule has 0 fully saturated rings. The number of anilines is 1. The molecule has 1 amide bonds. The smallest absolute Gasteiger partial charge is 0.244 e. The van der Waals surface area contributed by atoms with Gasteiger partial charge in [-0.1, -0.05) is 13.8 Å². The van der Waals surface area contributed by atoms with E-state index in [0.29, 0.717) is 5.92 Å². The van der Waals surface area contributed by atoms with Gasteiger partial charge in [0.2, 0.25) is 5.91 Å². The van der Waals surface area contributed by atoms with Crippen molar-refractivity contribution in [3.05, 3.63) is 17.5 Å². The summed E-state index contributed by atoms with van der Waals surface area (Å²) in [5, 5.41) is 6.07. The highest BCUT2D eigenvalue weighted by atomic mass is 32.1. The Morgan fingerprint density at radius 2 is 2.25 bits per heavy atom. The van der Waals surface area contributed by atoms with Gasteiger partial charge in [-0.3, -0.25) is 4.79 Å². The van der Waals surface area contributed by atoms with E-state index >= 15 is 0 Å². The molecule has 1 atom stereocenters. The molecule has 0 saturated heterocycles. The molecule has 1 aromatic heterocycles. The zero-order valence-electron chi connectivity index (χ0n) is 10.4. The third kappa shape index (κ3) is 3.32. The highest BCUT2D eigenvalue weighted by Crippen LogP contribution is 2.21. The van der Waals surface area contributed by atoms with Gasteiger partial charge in [-0.2, -0.15) is 0 Å². The fraction of sp³-hybridized carbons (Fsp3) is 0.583. The van der Waals surface area contributed by atoms with Crippen LogP contribution < -0.4 is 10.2 Å². The maximum absolute atomic E-state index is 12.2. The summed E-state index contributed by atoms with van der Waals surface area (Å²) in [5.74, 6) is 0.650. The molecule has 0 radical (unpaired) electrons. The Bertz CT molecular complexity index is 322. The first kappa shape index (κ1) is 13.2. The van der Waals surface area contributed by atoms with Crippen LogP contribution >= 0.6 is 11.3 Å². The molecular weight excluding hydrogens is 220 g/mol. The molecule has 0 aromatic carbocycles. The molecule has 90 valence electrons. The Kier molecular flexibility index (Phi) is 4.96. The van der Waals surface area contributed by atoms with Crippen molar-refractivity contribution in [2.75, 3.05) is 19.0 Å². The lowest BCUT2D eigenvalue weighted by atomic mass is 10.0. The van der Waals surface area contributed by atoms with E-state index in [2.05, 4.69) is 19.2 Å². The minimum Gasteiger partial charge on any atom is -0.309 e. The van der Waals surface area contributed by atoms with Gasteiger partial charge in [0.15, 0.2) is 0 Å². The Morgan fingerprint density at radius 3 is 2.69 bits per heavy atom. The fourth-order valence-electron chi connectivity index (χ4n) is 1.62. The molecule has 4 heteroatoms. The first-order valence-electron chi connectivity index (χ1n) is 5.54. The van der Waals surface area contributed by atoms with E-state index in [1.54, 1.807) is 16.2 Å². The van der Waals surface area contributed by atoms with E-state index in [-0.39, 0.29) is 11.9 Å². The van der Waals surface area contributed by atoms with Gasteiger partial charge < -0.3 is 10.2 Å². The summed E-state index contributed by atoms with van der Waals surface area (Å²) in [6, 6.07) is 3.83. The zero-order chi connectivity index (χ0) is 12.1. The number of rotatable bonds is 5. The van der Waals surface area contributed by atoms with Crippen LogP contribution in [0.2, 0.25) is 0 Å². The second-order valence-electron chi connectivity index (χ2n) is 4.32. The van der Waals surface area contributed by atoms with Crippen molar-refractivity contribution in [1.82, 2.24) is 5.32 Å². The SMILES string of the molecule is CN[C@@H](CC(C)C)C(=O)N(C)c1cccs1. The largest absolute Gasteiger partial charge is 0.309 e. The number of hydrogen-bond acceptors (Lipinski definition) is 3. The maximum Gasteiger partial charge on any atom is 0.244 e. The van der Waals surface area contributed by atoms with Crippen LogP contribution in [0.25, 0.3) is 0 Å². The van der Waals surface area contributed by atoms with Crippen LogP contribution in [0.1, 0.15) is 20.3 Å². The number of hydrogen-bond donors (Lipinski definition) is 1. The van der Waals surface area contributed by atoms with Crippen molar-refractivity contribution in [3.63, 3.8) is 0 Å². The number of nitrogens with one attached hydrogen (secondary N) is 1. The summed E-state index contributed by atoms with van der Waals surface area (Å²) in [4.78, 5) is 13.9. The van der Waals surface area contributed by atoms with Crippen molar-refractivity contribution >= 4 is 22.2 Å². The first-order valence-corrected chi connectivity index (χ1v) is 6.42. The van der Waals surface area contributed by atoms with Gasteiger partial charge in [-0.15, -0.1) is 11.3 Å². The van der Waals surface area contributed by atoms with E-state index in [1.807, 2.05) is 31.6 Å². The Balaban J connectivity index is 2.68. The van der Waals surface area contributed by atoms with Gasteiger partial charge in [0, 0.05) is 7.05 Å². The summed E-state index contributed by atoms with van der Waals surface area (Å²) in [7, 11) is 3.67. The van der Waals surface area contributed by atoms with E-state index < -0.39 is 0 Å². The van der Waals surface area contributed by atoms with E-state index in [1.165, 1.54) is 0 Å². The molecule has 0 aliphatic rings. The lowest BCUT2D eigenvalue weighted by Gasteiger charge is -2.23. The lowest BCUT2D eigenvalue weighted by molar-refractivity contribution is -0.120. The number of likely N-dealkylation sites (N-methyl/N-ethyl adjacent to an activating group) is 2. The maximum atomic E-state index is 12.2. The third-order valence-electron chi connectivity index (χ3n) is 2.52. The van der Waals surface area contributed by atoms with Gasteiger partial charge in [-0.05, 0) is 36.9 Å². The minimum absolute atomic E-state index is 0.0906. The van der Waals surface area contributed by atoms with Crippen molar-refractivity contribution in [3.8, 4) is 0 Å². The predicted molar refractivity (Wildman–Crippen MR) is 70.0 cm³/mol. The monoisotopic (exact) mass is 240 g/mol. The number of amides is 1. The molecule has 0 bridgehead atoms.